The molecule has 0 aromatic heterocycles. The Bertz CT molecular complexity index is 1490. The lowest BCUT2D eigenvalue weighted by molar-refractivity contribution is -0.139. The normalized spacial score (nSPS) is 11.8. The number of nitrogens with zero attached hydrogens (tertiary/aromatic N) is 1. The van der Waals surface area contributed by atoms with Gasteiger partial charge in [-0.25, -0.2) is 4.79 Å². The Kier molecular flexibility index (Phi) is 7.93. The molecule has 1 atom stereocenters. The minimum Gasteiger partial charge on any atom is -0.508 e. The first-order chi connectivity index (χ1) is 18.2. The molecule has 0 heterocycles. The van der Waals surface area contributed by atoms with Gasteiger partial charge in [-0.05, 0) is 66.2 Å². The second-order valence-electron chi connectivity index (χ2n) is 8.23. The first-order valence-corrected chi connectivity index (χ1v) is 12.9. The molecule has 10 heteroatoms. The summed E-state index contributed by atoms with van der Waals surface area (Å²) in [6, 6.07) is 26.6. The molecule has 38 heavy (non-hydrogen) atoms. The van der Waals surface area contributed by atoms with Crippen molar-refractivity contribution in [1.82, 2.24) is 5.32 Å². The Morgan fingerprint density at radius 2 is 1.39 bits per heavy atom. The molecule has 0 saturated heterocycles. The number of para-hydroxylation sites is 2. The number of carbonyl (C=O) groups excluding carboxylic acids is 1. The largest absolute Gasteiger partial charge is 0.508 e. The van der Waals surface area contributed by atoms with Crippen molar-refractivity contribution in [1.29, 1.82) is 0 Å². The Morgan fingerprint density at radius 1 is 0.816 bits per heavy atom. The summed E-state index contributed by atoms with van der Waals surface area (Å²) in [7, 11) is -4.21. The highest BCUT2D eigenvalue weighted by Crippen LogP contribution is 2.26. The van der Waals surface area contributed by atoms with Crippen molar-refractivity contribution in [2.75, 3.05) is 4.47 Å². The summed E-state index contributed by atoms with van der Waals surface area (Å²) in [6.45, 7) is 0. The maximum Gasteiger partial charge on any atom is 0.326 e. The molecule has 4 rings (SSSR count). The minimum absolute atomic E-state index is 0.00330. The number of phenols is 1. The van der Waals surface area contributed by atoms with Crippen LogP contribution < -0.4 is 14.6 Å². The Balaban J connectivity index is 1.54. The zero-order chi connectivity index (χ0) is 27.1. The average molecular weight is 533 g/mol. The topological polar surface area (TPSA) is 133 Å². The predicted octanol–water partition coefficient (Wildman–Crippen LogP) is 4.01. The van der Waals surface area contributed by atoms with E-state index in [9.17, 15) is 28.2 Å². The molecular formula is C28H24N2O7S. The van der Waals surface area contributed by atoms with Crippen LogP contribution in [0.1, 0.15) is 15.9 Å². The monoisotopic (exact) mass is 532 g/mol. The van der Waals surface area contributed by atoms with Crippen molar-refractivity contribution in [3.8, 4) is 11.5 Å². The van der Waals surface area contributed by atoms with Gasteiger partial charge in [0.05, 0.1) is 10.6 Å². The van der Waals surface area contributed by atoms with E-state index in [2.05, 4.69) is 5.32 Å². The highest BCUT2D eigenvalue weighted by atomic mass is 32.2. The van der Waals surface area contributed by atoms with E-state index in [0.717, 1.165) is 4.47 Å². The first-order valence-electron chi connectivity index (χ1n) is 11.5. The molecule has 0 radical (unpaired) electrons. The fraction of sp³-hybridized carbons (Fsp3) is 0.0714. The predicted molar refractivity (Wildman–Crippen MR) is 140 cm³/mol. The second-order valence-corrected chi connectivity index (χ2v) is 9.98. The quantitative estimate of drug-likeness (QED) is 0.263. The van der Waals surface area contributed by atoms with E-state index in [1.807, 2.05) is 0 Å². The molecule has 194 valence electrons. The molecule has 0 fully saturated rings. The molecular weight excluding hydrogens is 508 g/mol. The zero-order valence-corrected chi connectivity index (χ0v) is 20.8. The molecule has 0 aliphatic heterocycles. The maximum atomic E-state index is 13.5. The molecule has 0 saturated carbocycles. The third kappa shape index (κ3) is 6.29. The van der Waals surface area contributed by atoms with Crippen LogP contribution in [0.3, 0.4) is 0 Å². The Morgan fingerprint density at radius 3 is 1.97 bits per heavy atom. The maximum absolute atomic E-state index is 13.5. The number of benzene rings is 4. The van der Waals surface area contributed by atoms with Gasteiger partial charge in [0.15, 0.2) is 5.75 Å². The summed E-state index contributed by atoms with van der Waals surface area (Å²) in [5, 5.41) is 21.4. The Labute approximate surface area is 219 Å². The third-order valence-electron chi connectivity index (χ3n) is 5.51. The second kappa shape index (κ2) is 11.5. The van der Waals surface area contributed by atoms with Gasteiger partial charge in [-0.15, -0.1) is 0 Å². The van der Waals surface area contributed by atoms with Gasteiger partial charge in [-0.3, -0.25) is 4.79 Å². The van der Waals surface area contributed by atoms with E-state index >= 15 is 0 Å². The fourth-order valence-electron chi connectivity index (χ4n) is 3.55. The molecule has 9 nitrogen and oxygen atoms in total. The zero-order valence-electron chi connectivity index (χ0n) is 20.0. The van der Waals surface area contributed by atoms with Gasteiger partial charge in [0.2, 0.25) is 0 Å². The Hall–Kier alpha value is -4.83. The molecule has 1 unspecified atom stereocenters. The van der Waals surface area contributed by atoms with Crippen LogP contribution in [0.2, 0.25) is 0 Å². The minimum atomic E-state index is -4.21. The number of carbonyl (C=O) groups is 2. The van der Waals surface area contributed by atoms with E-state index in [1.54, 1.807) is 72.8 Å². The number of carboxylic acid groups (broad SMARTS) is 1. The standard InChI is InChI=1S/C28H24N2O7S/c31-23-15-11-20(12-16-23)19-26(28(33)34)29-27(32)21-13-17-25(18-14-21)38(35,36)30(22-7-3-1-4-8-22)37-24-9-5-2-6-10-24/h1-18,26,31H,19H2,(H,29,32)(H,33,34). The number of hydrogen-bond donors (Lipinski definition) is 3. The number of aromatic hydroxyl groups is 1. The fourth-order valence-corrected chi connectivity index (χ4v) is 4.81. The van der Waals surface area contributed by atoms with E-state index in [0.29, 0.717) is 11.3 Å². The molecule has 4 aromatic carbocycles. The van der Waals surface area contributed by atoms with Crippen LogP contribution in [0.5, 0.6) is 11.5 Å². The van der Waals surface area contributed by atoms with Crippen LogP contribution in [0.25, 0.3) is 0 Å². The smallest absolute Gasteiger partial charge is 0.326 e. The summed E-state index contributed by atoms with van der Waals surface area (Å²) < 4.78 is 27.8. The van der Waals surface area contributed by atoms with Crippen molar-refractivity contribution in [2.45, 2.75) is 17.4 Å². The van der Waals surface area contributed by atoms with Crippen LogP contribution in [-0.4, -0.2) is 36.5 Å². The SMILES string of the molecule is O=C(NC(Cc1ccc(O)cc1)C(=O)O)c1ccc(S(=O)(=O)N(Oc2ccccc2)c2ccccc2)cc1. The van der Waals surface area contributed by atoms with Gasteiger partial charge in [0.1, 0.15) is 11.8 Å². The van der Waals surface area contributed by atoms with Gasteiger partial charge in [0, 0.05) is 12.0 Å². The summed E-state index contributed by atoms with van der Waals surface area (Å²) in [6.07, 6.45) is -0.00330. The highest BCUT2D eigenvalue weighted by Gasteiger charge is 2.28. The van der Waals surface area contributed by atoms with Gasteiger partial charge in [0.25, 0.3) is 15.9 Å². The average Bonchev–Trinajstić information content (AvgIpc) is 2.93. The summed E-state index contributed by atoms with van der Waals surface area (Å²) in [5.74, 6) is -1.56. The van der Waals surface area contributed by atoms with Gasteiger partial charge in [-0.1, -0.05) is 53.0 Å². The number of hydrogen-bond acceptors (Lipinski definition) is 6. The van der Waals surface area contributed by atoms with Crippen LogP contribution >= 0.6 is 0 Å². The van der Waals surface area contributed by atoms with Crippen LogP contribution in [0.15, 0.2) is 114 Å². The number of anilines is 1. The number of amides is 1. The summed E-state index contributed by atoms with van der Waals surface area (Å²) in [4.78, 5) is 30.1. The lowest BCUT2D eigenvalue weighted by Crippen LogP contribution is -2.42. The van der Waals surface area contributed by atoms with Crippen LogP contribution in [0, 0.1) is 0 Å². The van der Waals surface area contributed by atoms with E-state index in [4.69, 9.17) is 4.84 Å². The van der Waals surface area contributed by atoms with E-state index in [1.165, 1.54) is 36.4 Å². The van der Waals surface area contributed by atoms with E-state index in [-0.39, 0.29) is 28.3 Å². The molecule has 0 aliphatic rings. The van der Waals surface area contributed by atoms with Gasteiger partial charge < -0.3 is 20.4 Å². The highest BCUT2D eigenvalue weighted by molar-refractivity contribution is 7.92. The summed E-state index contributed by atoms with van der Waals surface area (Å²) >= 11 is 0. The third-order valence-corrected chi connectivity index (χ3v) is 7.10. The van der Waals surface area contributed by atoms with Crippen molar-refractivity contribution in [3.63, 3.8) is 0 Å². The number of rotatable bonds is 10. The lowest BCUT2D eigenvalue weighted by Gasteiger charge is -2.24. The number of aliphatic carboxylic acids is 1. The van der Waals surface area contributed by atoms with E-state index < -0.39 is 27.9 Å². The molecule has 1 amide bonds. The molecule has 0 bridgehead atoms. The first kappa shape index (κ1) is 26.2. The summed E-state index contributed by atoms with van der Waals surface area (Å²) in [5.41, 5.74) is 0.962. The van der Waals surface area contributed by atoms with Crippen LogP contribution in [0.4, 0.5) is 5.69 Å². The van der Waals surface area contributed by atoms with Gasteiger partial charge in [-0.2, -0.15) is 8.42 Å². The van der Waals surface area contributed by atoms with Gasteiger partial charge >= 0.3 is 5.97 Å². The number of phenolic OH excluding ortho intramolecular Hbond substituents is 1. The molecule has 0 aliphatic carbocycles. The van der Waals surface area contributed by atoms with Crippen molar-refractivity contribution < 1.29 is 33.1 Å². The van der Waals surface area contributed by atoms with Crippen molar-refractivity contribution >= 4 is 27.6 Å². The van der Waals surface area contributed by atoms with Crippen molar-refractivity contribution in [2.24, 2.45) is 0 Å². The van der Waals surface area contributed by atoms with Crippen LogP contribution in [-0.2, 0) is 21.2 Å². The molecule has 3 N–H and O–H groups in total. The number of nitrogens with one attached hydrogen (secondary N) is 1. The molecule has 0 spiro atoms. The number of carboxylic acids is 1. The lowest BCUT2D eigenvalue weighted by atomic mass is 10.1. The molecule has 4 aromatic rings. The number of sulfonamides is 1. The van der Waals surface area contributed by atoms with Crippen molar-refractivity contribution in [3.05, 3.63) is 120 Å².